The van der Waals surface area contributed by atoms with E-state index in [1.807, 2.05) is 6.26 Å². The molecular weight excluding hydrogens is 100 g/mol. The molecule has 1 heteroatoms. The summed E-state index contributed by atoms with van der Waals surface area (Å²) >= 11 is 0. The summed E-state index contributed by atoms with van der Waals surface area (Å²) in [6, 6.07) is 0. The van der Waals surface area contributed by atoms with Gasteiger partial charge in [-0.15, -0.1) is 0 Å². The molecule has 1 saturated carbocycles. The van der Waals surface area contributed by atoms with E-state index in [0.717, 1.165) is 5.92 Å². The lowest BCUT2D eigenvalue weighted by atomic mass is 10.1. The zero-order chi connectivity index (χ0) is 5.40. The summed E-state index contributed by atoms with van der Waals surface area (Å²) in [5.74, 6) is 0.855. The molecule has 0 aromatic carbocycles. The summed E-state index contributed by atoms with van der Waals surface area (Å²) in [5.41, 5.74) is 0. The Bertz CT molecular complexity index is 118. The van der Waals surface area contributed by atoms with Gasteiger partial charge < -0.3 is 4.74 Å². The molecule has 2 atom stereocenters. The van der Waals surface area contributed by atoms with Crippen molar-refractivity contribution in [3.8, 4) is 0 Å². The molecule has 1 aliphatic heterocycles. The average Bonchev–Trinajstić information content (AvgIpc) is 2.12. The molecule has 0 unspecified atom stereocenters. The van der Waals surface area contributed by atoms with Gasteiger partial charge in [0.25, 0.3) is 0 Å². The van der Waals surface area contributed by atoms with E-state index in [-0.39, 0.29) is 0 Å². The van der Waals surface area contributed by atoms with Crippen LogP contribution in [0.2, 0.25) is 0 Å². The van der Waals surface area contributed by atoms with Gasteiger partial charge in [-0.2, -0.15) is 0 Å². The zero-order valence-electron chi connectivity index (χ0n) is 4.84. The molecule has 1 aliphatic carbocycles. The number of hydrogen-bond acceptors (Lipinski definition) is 1. The molecule has 0 aromatic heterocycles. The Labute approximate surface area is 49.3 Å². The lowest BCUT2D eigenvalue weighted by molar-refractivity contribution is 0.138. The minimum absolute atomic E-state index is 0.574. The lowest BCUT2D eigenvalue weighted by Crippen LogP contribution is -2.07. The summed E-state index contributed by atoms with van der Waals surface area (Å²) in [7, 11) is 0. The molecule has 1 heterocycles. The van der Waals surface area contributed by atoms with Crippen LogP contribution >= 0.6 is 0 Å². The van der Waals surface area contributed by atoms with E-state index < -0.39 is 0 Å². The molecule has 0 N–H and O–H groups in total. The number of allylic oxidation sites excluding steroid dienone is 1. The number of hydrogen-bond donors (Lipinski definition) is 0. The first kappa shape index (κ1) is 4.42. The summed E-state index contributed by atoms with van der Waals surface area (Å²) in [5, 5.41) is 0. The molecule has 1 nitrogen and oxygen atoms in total. The van der Waals surface area contributed by atoms with Gasteiger partial charge in [0.2, 0.25) is 0 Å². The molecule has 0 saturated heterocycles. The molecule has 2 aliphatic rings. The normalized spacial score (nSPS) is 42.0. The highest BCUT2D eigenvalue weighted by molar-refractivity contribution is 4.95. The predicted molar refractivity (Wildman–Crippen MR) is 31.4 cm³/mol. The third kappa shape index (κ3) is 0.540. The van der Waals surface area contributed by atoms with Crippen molar-refractivity contribution in [1.29, 1.82) is 0 Å². The van der Waals surface area contributed by atoms with Crippen molar-refractivity contribution in [2.24, 2.45) is 5.92 Å². The minimum Gasteiger partial charge on any atom is -0.498 e. The Kier molecular flexibility index (Phi) is 0.833. The predicted octanol–water partition coefficient (Wildman–Crippen LogP) is 1.70. The molecule has 0 spiro atoms. The van der Waals surface area contributed by atoms with E-state index in [2.05, 4.69) is 6.08 Å². The van der Waals surface area contributed by atoms with Crippen molar-refractivity contribution in [3.63, 3.8) is 0 Å². The summed E-state index contributed by atoms with van der Waals surface area (Å²) in [6.45, 7) is 0. The maximum absolute atomic E-state index is 5.29. The summed E-state index contributed by atoms with van der Waals surface area (Å²) < 4.78 is 5.29. The van der Waals surface area contributed by atoms with E-state index >= 15 is 0 Å². The van der Waals surface area contributed by atoms with E-state index in [1.54, 1.807) is 0 Å². The number of rotatable bonds is 0. The van der Waals surface area contributed by atoms with Crippen molar-refractivity contribution in [1.82, 2.24) is 0 Å². The van der Waals surface area contributed by atoms with Crippen molar-refractivity contribution in [2.75, 3.05) is 0 Å². The maximum atomic E-state index is 5.29. The first-order valence-corrected chi connectivity index (χ1v) is 3.27. The smallest absolute Gasteiger partial charge is 0.0984 e. The Hall–Kier alpha value is -0.460. The van der Waals surface area contributed by atoms with Gasteiger partial charge in [-0.25, -0.2) is 0 Å². The molecule has 2 rings (SSSR count). The fourth-order valence-electron chi connectivity index (χ4n) is 1.54. The molecular formula is C7H10O. The highest BCUT2D eigenvalue weighted by Crippen LogP contribution is 2.32. The summed E-state index contributed by atoms with van der Waals surface area (Å²) in [6.07, 6.45) is 8.52. The lowest BCUT2D eigenvalue weighted by Gasteiger charge is -2.13. The van der Waals surface area contributed by atoms with Gasteiger partial charge in [0, 0.05) is 0 Å². The van der Waals surface area contributed by atoms with E-state index in [9.17, 15) is 0 Å². The fourth-order valence-corrected chi connectivity index (χ4v) is 1.54. The van der Waals surface area contributed by atoms with Crippen LogP contribution < -0.4 is 0 Å². The SMILES string of the molecule is C1=C[C@H]2CC[C@H](C2)O1. The van der Waals surface area contributed by atoms with Crippen molar-refractivity contribution >= 4 is 0 Å². The maximum Gasteiger partial charge on any atom is 0.0984 e. The van der Waals surface area contributed by atoms with Gasteiger partial charge in [0.1, 0.15) is 0 Å². The van der Waals surface area contributed by atoms with Crippen LogP contribution in [0.3, 0.4) is 0 Å². The van der Waals surface area contributed by atoms with Crippen LogP contribution in [0.15, 0.2) is 12.3 Å². The van der Waals surface area contributed by atoms with Gasteiger partial charge in [-0.05, 0) is 31.3 Å². The molecule has 8 heavy (non-hydrogen) atoms. The fraction of sp³-hybridized carbons (Fsp3) is 0.714. The Morgan fingerprint density at radius 1 is 1.38 bits per heavy atom. The first-order chi connectivity index (χ1) is 3.95. The van der Waals surface area contributed by atoms with Crippen LogP contribution in [0.4, 0.5) is 0 Å². The Morgan fingerprint density at radius 2 is 2.38 bits per heavy atom. The molecule has 0 radical (unpaired) electrons. The molecule has 44 valence electrons. The van der Waals surface area contributed by atoms with Crippen LogP contribution in [0, 0.1) is 5.92 Å². The summed E-state index contributed by atoms with van der Waals surface area (Å²) in [4.78, 5) is 0. The zero-order valence-corrected chi connectivity index (χ0v) is 4.84. The molecule has 0 amide bonds. The van der Waals surface area contributed by atoms with Gasteiger partial charge in [0.05, 0.1) is 12.4 Å². The second-order valence-electron chi connectivity index (χ2n) is 2.66. The van der Waals surface area contributed by atoms with E-state index in [0.29, 0.717) is 6.10 Å². The largest absolute Gasteiger partial charge is 0.498 e. The third-order valence-corrected chi connectivity index (χ3v) is 2.05. The minimum atomic E-state index is 0.574. The highest BCUT2D eigenvalue weighted by atomic mass is 16.5. The highest BCUT2D eigenvalue weighted by Gasteiger charge is 2.25. The van der Waals surface area contributed by atoms with Crippen LogP contribution in [0.1, 0.15) is 19.3 Å². The Balaban J connectivity index is 2.17. The number of fused-ring (bicyclic) bond motifs is 2. The standard InChI is InChI=1S/C7H10O/c1-2-7-5-6(1)3-4-8-7/h3-4,6-7H,1-2,5H2/t6-,7-/m1/s1. The monoisotopic (exact) mass is 110 g/mol. The third-order valence-electron chi connectivity index (χ3n) is 2.05. The second-order valence-corrected chi connectivity index (χ2v) is 2.66. The Morgan fingerprint density at radius 3 is 3.12 bits per heavy atom. The molecule has 2 bridgehead atoms. The van der Waals surface area contributed by atoms with Gasteiger partial charge in [0.15, 0.2) is 0 Å². The van der Waals surface area contributed by atoms with Crippen LogP contribution in [-0.2, 0) is 4.74 Å². The van der Waals surface area contributed by atoms with Crippen molar-refractivity contribution < 1.29 is 4.74 Å². The molecule has 0 aromatic rings. The average molecular weight is 110 g/mol. The van der Waals surface area contributed by atoms with Crippen molar-refractivity contribution in [3.05, 3.63) is 12.3 Å². The van der Waals surface area contributed by atoms with Gasteiger partial charge in [-0.3, -0.25) is 0 Å². The van der Waals surface area contributed by atoms with Gasteiger partial charge >= 0.3 is 0 Å². The number of ether oxygens (including phenoxy) is 1. The second kappa shape index (κ2) is 1.51. The van der Waals surface area contributed by atoms with Crippen LogP contribution in [0.5, 0.6) is 0 Å². The van der Waals surface area contributed by atoms with Crippen LogP contribution in [-0.4, -0.2) is 6.10 Å². The van der Waals surface area contributed by atoms with E-state index in [4.69, 9.17) is 4.74 Å². The topological polar surface area (TPSA) is 9.23 Å². The van der Waals surface area contributed by atoms with E-state index in [1.165, 1.54) is 19.3 Å². The molecule has 1 fully saturated rings. The van der Waals surface area contributed by atoms with Gasteiger partial charge in [-0.1, -0.05) is 0 Å². The van der Waals surface area contributed by atoms with Crippen LogP contribution in [0.25, 0.3) is 0 Å². The first-order valence-electron chi connectivity index (χ1n) is 3.27. The quantitative estimate of drug-likeness (QED) is 0.461. The van der Waals surface area contributed by atoms with Crippen molar-refractivity contribution in [2.45, 2.75) is 25.4 Å².